The maximum Gasteiger partial charge on any atom is 0.271 e. The fraction of sp³-hybridized carbons (Fsp3) is 0.162. The second kappa shape index (κ2) is 13.9. The lowest BCUT2D eigenvalue weighted by Crippen LogP contribution is -2.28. The van der Waals surface area contributed by atoms with Crippen LogP contribution in [-0.4, -0.2) is 11.1 Å². The summed E-state index contributed by atoms with van der Waals surface area (Å²) >= 11 is 1.37. The number of anilines is 1. The number of carbonyl (C=O) groups is 1. The normalized spacial score (nSPS) is 14.7. The fourth-order valence-electron chi connectivity index (χ4n) is 4.78. The van der Waals surface area contributed by atoms with Crippen molar-refractivity contribution in [1.82, 2.24) is 0 Å². The molecule has 0 atom stereocenters. The Bertz CT molecular complexity index is 1730. The molecule has 0 spiro atoms. The third kappa shape index (κ3) is 6.97. The van der Waals surface area contributed by atoms with Crippen molar-refractivity contribution in [2.75, 3.05) is 4.90 Å². The van der Waals surface area contributed by atoms with Crippen molar-refractivity contribution in [3.63, 3.8) is 0 Å². The molecule has 1 aliphatic heterocycles. The number of amidine groups is 1. The lowest BCUT2D eigenvalue weighted by molar-refractivity contribution is -0.113. The lowest BCUT2D eigenvalue weighted by Gasteiger charge is -2.16. The number of benzene rings is 4. The second-order valence-corrected chi connectivity index (χ2v) is 11.1. The van der Waals surface area contributed by atoms with Gasteiger partial charge in [-0.05, 0) is 102 Å². The van der Waals surface area contributed by atoms with Gasteiger partial charge in [0.2, 0.25) is 0 Å². The average Bonchev–Trinajstić information content (AvgIpc) is 3.34. The Morgan fingerprint density at radius 1 is 0.930 bits per heavy atom. The zero-order valence-corrected chi connectivity index (χ0v) is 25.2. The highest BCUT2D eigenvalue weighted by molar-refractivity contribution is 8.19. The van der Waals surface area contributed by atoms with E-state index in [4.69, 9.17) is 9.73 Å². The fourth-order valence-corrected chi connectivity index (χ4v) is 5.78. The van der Waals surface area contributed by atoms with Gasteiger partial charge in [0, 0.05) is 5.56 Å². The number of amides is 1. The number of rotatable bonds is 10. The van der Waals surface area contributed by atoms with Crippen LogP contribution in [0.25, 0.3) is 6.08 Å². The molecule has 4 aromatic rings. The second-order valence-electron chi connectivity index (χ2n) is 10.1. The molecule has 0 radical (unpaired) electrons. The van der Waals surface area contributed by atoms with E-state index in [2.05, 4.69) is 50.8 Å². The predicted molar refractivity (Wildman–Crippen MR) is 178 cm³/mol. The largest absolute Gasteiger partial charge is 0.489 e. The van der Waals surface area contributed by atoms with Crippen molar-refractivity contribution in [3.8, 4) is 11.8 Å². The molecule has 0 unspecified atom stereocenters. The number of nitriles is 1. The zero-order valence-electron chi connectivity index (χ0n) is 24.4. The molecule has 6 heteroatoms. The quantitative estimate of drug-likeness (QED) is 0.138. The average molecular weight is 584 g/mol. The van der Waals surface area contributed by atoms with Crippen LogP contribution >= 0.6 is 11.8 Å². The first-order valence-electron chi connectivity index (χ1n) is 14.4. The Labute approximate surface area is 257 Å². The Morgan fingerprint density at radius 3 is 2.30 bits per heavy atom. The van der Waals surface area contributed by atoms with Crippen molar-refractivity contribution < 1.29 is 9.53 Å². The molecular formula is C37H33N3O2S. The molecule has 0 bridgehead atoms. The first-order valence-corrected chi connectivity index (χ1v) is 15.2. The molecular weight excluding hydrogens is 550 g/mol. The number of hydrogen-bond acceptors (Lipinski definition) is 5. The minimum absolute atomic E-state index is 0.114. The number of allylic oxidation sites excluding steroid dienone is 1. The topological polar surface area (TPSA) is 65.7 Å². The Kier molecular flexibility index (Phi) is 9.56. The van der Waals surface area contributed by atoms with Crippen LogP contribution in [0, 0.1) is 11.3 Å². The van der Waals surface area contributed by atoms with Crippen molar-refractivity contribution in [2.45, 2.75) is 39.7 Å². The summed E-state index contributed by atoms with van der Waals surface area (Å²) in [5.41, 5.74) is 7.30. The monoisotopic (exact) mass is 583 g/mol. The summed E-state index contributed by atoms with van der Waals surface area (Å²) in [4.78, 5) is 21.0. The van der Waals surface area contributed by atoms with Crippen LogP contribution < -0.4 is 9.64 Å². The summed E-state index contributed by atoms with van der Waals surface area (Å²) in [5, 5.41) is 10.0. The van der Waals surface area contributed by atoms with Gasteiger partial charge in [-0.1, -0.05) is 68.5 Å². The van der Waals surface area contributed by atoms with Crippen LogP contribution in [0.3, 0.4) is 0 Å². The van der Waals surface area contributed by atoms with Crippen LogP contribution in [0.4, 0.5) is 11.4 Å². The Hall–Kier alpha value is -4.86. The summed E-state index contributed by atoms with van der Waals surface area (Å²) in [7, 11) is 0. The van der Waals surface area contributed by atoms with Gasteiger partial charge in [0.15, 0.2) is 5.17 Å². The Balaban J connectivity index is 1.46. The summed E-state index contributed by atoms with van der Waals surface area (Å²) < 4.78 is 6.14. The SMILES string of the molecule is C=CCc1cc(/C=C2\SC(=Nc3ccc(CC)cc3)N(c3ccc(CC)cc3)C2=O)ccc1OCc1ccccc1C#N. The van der Waals surface area contributed by atoms with Crippen LogP contribution in [0.1, 0.15) is 47.2 Å². The van der Waals surface area contributed by atoms with E-state index < -0.39 is 0 Å². The molecule has 0 aliphatic carbocycles. The summed E-state index contributed by atoms with van der Waals surface area (Å²) in [6.07, 6.45) is 6.22. The molecule has 1 aliphatic rings. The molecule has 0 aromatic heterocycles. The van der Waals surface area contributed by atoms with Crippen LogP contribution in [0.2, 0.25) is 0 Å². The minimum Gasteiger partial charge on any atom is -0.489 e. The summed E-state index contributed by atoms with van der Waals surface area (Å²) in [6, 6.07) is 31.7. The predicted octanol–water partition coefficient (Wildman–Crippen LogP) is 8.80. The molecule has 5 nitrogen and oxygen atoms in total. The zero-order chi connectivity index (χ0) is 30.2. The first kappa shape index (κ1) is 29.6. The number of aliphatic imine (C=N–C) groups is 1. The van der Waals surface area contributed by atoms with Gasteiger partial charge in [-0.2, -0.15) is 5.26 Å². The summed E-state index contributed by atoms with van der Waals surface area (Å²) in [6.45, 7) is 8.43. The third-order valence-electron chi connectivity index (χ3n) is 7.25. The van der Waals surface area contributed by atoms with Crippen molar-refractivity contribution in [2.24, 2.45) is 4.99 Å². The van der Waals surface area contributed by atoms with Gasteiger partial charge >= 0.3 is 0 Å². The number of thioether (sulfide) groups is 1. The highest BCUT2D eigenvalue weighted by Crippen LogP contribution is 2.38. The lowest BCUT2D eigenvalue weighted by atomic mass is 10.1. The van der Waals surface area contributed by atoms with Gasteiger partial charge in [0.05, 0.1) is 27.9 Å². The molecule has 1 fully saturated rings. The smallest absolute Gasteiger partial charge is 0.271 e. The van der Waals surface area contributed by atoms with E-state index in [0.29, 0.717) is 22.1 Å². The molecule has 1 heterocycles. The maximum absolute atomic E-state index is 13.9. The molecule has 0 N–H and O–H groups in total. The first-order chi connectivity index (χ1) is 21.0. The van der Waals surface area contributed by atoms with E-state index in [1.807, 2.05) is 72.8 Å². The molecule has 214 valence electrons. The number of carbonyl (C=O) groups excluding carboxylic acids is 1. The van der Waals surface area contributed by atoms with Gasteiger partial charge < -0.3 is 4.74 Å². The van der Waals surface area contributed by atoms with Gasteiger partial charge in [-0.25, -0.2) is 4.99 Å². The van der Waals surface area contributed by atoms with Gasteiger partial charge in [-0.3, -0.25) is 9.69 Å². The van der Waals surface area contributed by atoms with Crippen molar-refractivity contribution in [3.05, 3.63) is 142 Å². The van der Waals surface area contributed by atoms with E-state index in [1.165, 1.54) is 22.9 Å². The molecule has 1 saturated heterocycles. The molecule has 5 rings (SSSR count). The third-order valence-corrected chi connectivity index (χ3v) is 8.21. The van der Waals surface area contributed by atoms with Crippen molar-refractivity contribution in [1.29, 1.82) is 5.26 Å². The number of ether oxygens (including phenoxy) is 1. The molecule has 4 aromatic carbocycles. The highest BCUT2D eigenvalue weighted by atomic mass is 32.2. The molecule has 43 heavy (non-hydrogen) atoms. The number of aryl methyl sites for hydroxylation is 2. The van der Waals surface area contributed by atoms with E-state index in [1.54, 1.807) is 11.0 Å². The van der Waals surface area contributed by atoms with E-state index in [9.17, 15) is 10.1 Å². The summed E-state index contributed by atoms with van der Waals surface area (Å²) in [5.74, 6) is 0.604. The van der Waals surface area contributed by atoms with Gasteiger partial charge in [0.25, 0.3) is 5.91 Å². The van der Waals surface area contributed by atoms with Crippen LogP contribution in [0.15, 0.2) is 114 Å². The number of hydrogen-bond donors (Lipinski definition) is 0. The van der Waals surface area contributed by atoms with Crippen LogP contribution in [0.5, 0.6) is 5.75 Å². The minimum atomic E-state index is -0.114. The molecule has 1 amide bonds. The van der Waals surface area contributed by atoms with E-state index in [-0.39, 0.29) is 12.5 Å². The number of nitrogens with zero attached hydrogens (tertiary/aromatic N) is 3. The van der Waals surface area contributed by atoms with E-state index >= 15 is 0 Å². The highest BCUT2D eigenvalue weighted by Gasteiger charge is 2.34. The van der Waals surface area contributed by atoms with E-state index in [0.717, 1.165) is 46.7 Å². The maximum atomic E-state index is 13.9. The van der Waals surface area contributed by atoms with Crippen LogP contribution in [-0.2, 0) is 30.7 Å². The van der Waals surface area contributed by atoms with Crippen molar-refractivity contribution >= 4 is 40.3 Å². The standard InChI is InChI=1S/C37H33N3O2S/c1-4-9-29-22-28(16-21-34(29)42-25-31-11-8-7-10-30(31)24-38)23-35-36(41)40(33-19-14-27(6-3)15-20-33)37(43-35)39-32-17-12-26(5-2)13-18-32/h4,7-8,10-23H,1,5-6,9,25H2,2-3H3/b35-23-,39-37?. The van der Waals surface area contributed by atoms with Gasteiger partial charge in [0.1, 0.15) is 12.4 Å². The van der Waals surface area contributed by atoms with Gasteiger partial charge in [-0.15, -0.1) is 6.58 Å². The Morgan fingerprint density at radius 2 is 1.63 bits per heavy atom. The molecule has 0 saturated carbocycles.